The SMILES string of the molecule is CCCCCCCCCCCCCC/C=C/CC/C=C/C(O)C(CO)NC(=O)CCCCCCCCCCCCCCCCCCC/C=C\CCCCCCCCCCCCCCCCCC. The lowest BCUT2D eigenvalue weighted by Crippen LogP contribution is -2.45. The fourth-order valence-corrected chi connectivity index (χ4v) is 9.66. The summed E-state index contributed by atoms with van der Waals surface area (Å²) in [6.07, 6.45) is 80.6. The molecular formula is C63H121NO3. The molecule has 0 aromatic rings. The highest BCUT2D eigenvalue weighted by Gasteiger charge is 2.18. The van der Waals surface area contributed by atoms with Gasteiger partial charge >= 0.3 is 0 Å². The Hall–Kier alpha value is -1.39. The molecule has 0 heterocycles. The Morgan fingerprint density at radius 1 is 0.343 bits per heavy atom. The topological polar surface area (TPSA) is 69.6 Å². The summed E-state index contributed by atoms with van der Waals surface area (Å²) in [4.78, 5) is 12.5. The van der Waals surface area contributed by atoms with E-state index in [0.717, 1.165) is 32.1 Å². The van der Waals surface area contributed by atoms with E-state index in [2.05, 4.69) is 43.5 Å². The summed E-state index contributed by atoms with van der Waals surface area (Å²) in [5, 5.41) is 23.1. The largest absolute Gasteiger partial charge is 0.394 e. The van der Waals surface area contributed by atoms with Crippen molar-refractivity contribution < 1.29 is 15.0 Å². The molecular weight excluding hydrogens is 819 g/mol. The lowest BCUT2D eigenvalue weighted by molar-refractivity contribution is -0.123. The summed E-state index contributed by atoms with van der Waals surface area (Å²) in [6.45, 7) is 4.33. The van der Waals surface area contributed by atoms with Crippen molar-refractivity contribution in [1.82, 2.24) is 5.32 Å². The highest BCUT2D eigenvalue weighted by molar-refractivity contribution is 5.76. The predicted octanol–water partition coefficient (Wildman–Crippen LogP) is 20.4. The van der Waals surface area contributed by atoms with Crippen LogP contribution in [0.5, 0.6) is 0 Å². The number of aliphatic hydroxyl groups excluding tert-OH is 2. The average Bonchev–Trinajstić information content (AvgIpc) is 3.33. The standard InChI is InChI=1S/C63H121NO3/c1-3-5-7-9-11-13-15-17-19-21-23-24-25-26-27-28-29-30-31-32-33-34-35-36-37-38-39-40-41-43-45-47-49-51-53-55-57-59-63(67)64-61(60-65)62(66)58-56-54-52-50-48-46-44-42-22-20-18-16-14-12-10-8-6-4-2/h30-31,48,50,56,58,61-62,65-66H,3-29,32-47,49,51-55,57,59-60H2,1-2H3,(H,64,67)/b31-30-,50-48+,58-56+. The normalized spacial score (nSPS) is 13.0. The van der Waals surface area contributed by atoms with Crippen molar-refractivity contribution in [3.8, 4) is 0 Å². The zero-order valence-corrected chi connectivity index (χ0v) is 45.7. The lowest BCUT2D eigenvalue weighted by atomic mass is 10.0. The summed E-state index contributed by atoms with van der Waals surface area (Å²) in [6, 6.07) is -0.638. The molecule has 0 spiro atoms. The number of nitrogens with one attached hydrogen (secondary N) is 1. The maximum Gasteiger partial charge on any atom is 0.220 e. The Labute approximate surface area is 421 Å². The molecule has 1 amide bonds. The monoisotopic (exact) mass is 940 g/mol. The van der Waals surface area contributed by atoms with E-state index in [-0.39, 0.29) is 12.5 Å². The number of carbonyl (C=O) groups is 1. The third kappa shape index (κ3) is 55.4. The van der Waals surface area contributed by atoms with Crippen LogP contribution in [0.15, 0.2) is 36.5 Å². The molecule has 0 aliphatic carbocycles. The molecule has 2 atom stereocenters. The van der Waals surface area contributed by atoms with Crippen LogP contribution in [0, 0.1) is 0 Å². The first-order valence-electron chi connectivity index (χ1n) is 30.7. The summed E-state index contributed by atoms with van der Waals surface area (Å²) in [5.41, 5.74) is 0. The molecule has 0 aromatic heterocycles. The molecule has 4 heteroatoms. The molecule has 396 valence electrons. The van der Waals surface area contributed by atoms with Crippen molar-refractivity contribution in [2.24, 2.45) is 0 Å². The molecule has 0 rings (SSSR count). The van der Waals surface area contributed by atoms with E-state index in [0.29, 0.717) is 6.42 Å². The van der Waals surface area contributed by atoms with Gasteiger partial charge in [-0.25, -0.2) is 0 Å². The predicted molar refractivity (Wildman–Crippen MR) is 299 cm³/mol. The molecule has 0 bridgehead atoms. The van der Waals surface area contributed by atoms with E-state index in [1.54, 1.807) is 6.08 Å². The number of unbranched alkanes of at least 4 members (excludes halogenated alkanes) is 46. The van der Waals surface area contributed by atoms with Gasteiger partial charge in [-0.05, 0) is 57.8 Å². The zero-order valence-electron chi connectivity index (χ0n) is 45.7. The van der Waals surface area contributed by atoms with Gasteiger partial charge in [0.15, 0.2) is 0 Å². The van der Waals surface area contributed by atoms with Crippen molar-refractivity contribution in [2.75, 3.05) is 6.61 Å². The van der Waals surface area contributed by atoms with E-state index in [1.165, 1.54) is 289 Å². The Morgan fingerprint density at radius 2 is 0.582 bits per heavy atom. The molecule has 2 unspecified atom stereocenters. The van der Waals surface area contributed by atoms with Gasteiger partial charge in [-0.15, -0.1) is 0 Å². The third-order valence-electron chi connectivity index (χ3n) is 14.3. The van der Waals surface area contributed by atoms with Crippen LogP contribution in [-0.4, -0.2) is 34.9 Å². The highest BCUT2D eigenvalue weighted by atomic mass is 16.3. The summed E-state index contributed by atoms with van der Waals surface area (Å²) in [7, 11) is 0. The number of hydrogen-bond acceptors (Lipinski definition) is 3. The van der Waals surface area contributed by atoms with Crippen LogP contribution in [0.25, 0.3) is 0 Å². The van der Waals surface area contributed by atoms with Crippen molar-refractivity contribution in [3.63, 3.8) is 0 Å². The quantitative estimate of drug-likeness (QED) is 0.0420. The zero-order chi connectivity index (χ0) is 48.5. The second-order valence-electron chi connectivity index (χ2n) is 21.1. The molecule has 4 nitrogen and oxygen atoms in total. The first-order valence-corrected chi connectivity index (χ1v) is 30.7. The minimum Gasteiger partial charge on any atom is -0.394 e. The fraction of sp³-hybridized carbons (Fsp3) is 0.889. The number of allylic oxidation sites excluding steroid dienone is 5. The van der Waals surface area contributed by atoms with Crippen molar-refractivity contribution >= 4 is 5.91 Å². The van der Waals surface area contributed by atoms with Gasteiger partial charge in [-0.3, -0.25) is 4.79 Å². The van der Waals surface area contributed by atoms with Gasteiger partial charge < -0.3 is 15.5 Å². The molecule has 67 heavy (non-hydrogen) atoms. The molecule has 0 aliphatic rings. The lowest BCUT2D eigenvalue weighted by Gasteiger charge is -2.19. The molecule has 0 aromatic carbocycles. The van der Waals surface area contributed by atoms with Gasteiger partial charge in [0.2, 0.25) is 5.91 Å². The van der Waals surface area contributed by atoms with E-state index in [9.17, 15) is 15.0 Å². The van der Waals surface area contributed by atoms with Gasteiger partial charge in [0.1, 0.15) is 0 Å². The van der Waals surface area contributed by atoms with Crippen LogP contribution < -0.4 is 5.32 Å². The van der Waals surface area contributed by atoms with Gasteiger partial charge in [0.05, 0.1) is 18.8 Å². The van der Waals surface area contributed by atoms with E-state index in [4.69, 9.17) is 0 Å². The smallest absolute Gasteiger partial charge is 0.220 e. The first kappa shape index (κ1) is 65.6. The second-order valence-corrected chi connectivity index (χ2v) is 21.1. The van der Waals surface area contributed by atoms with Gasteiger partial charge in [-0.2, -0.15) is 0 Å². The summed E-state index contributed by atoms with van der Waals surface area (Å²) < 4.78 is 0. The summed E-state index contributed by atoms with van der Waals surface area (Å²) >= 11 is 0. The van der Waals surface area contributed by atoms with E-state index >= 15 is 0 Å². The average molecular weight is 941 g/mol. The van der Waals surface area contributed by atoms with Gasteiger partial charge in [-0.1, -0.05) is 314 Å². The van der Waals surface area contributed by atoms with E-state index in [1.807, 2.05) is 6.08 Å². The Bertz CT molecular complexity index is 1020. The molecule has 0 fully saturated rings. The maximum absolute atomic E-state index is 12.5. The van der Waals surface area contributed by atoms with E-state index < -0.39 is 12.1 Å². The number of carbonyl (C=O) groups excluding carboxylic acids is 1. The molecule has 0 saturated carbocycles. The maximum atomic E-state index is 12.5. The second kappa shape index (κ2) is 58.9. The van der Waals surface area contributed by atoms with Crippen molar-refractivity contribution in [1.29, 1.82) is 0 Å². The molecule has 0 aliphatic heterocycles. The van der Waals surface area contributed by atoms with Crippen LogP contribution in [0.4, 0.5) is 0 Å². The van der Waals surface area contributed by atoms with Gasteiger partial charge in [0, 0.05) is 6.42 Å². The number of aliphatic hydroxyl groups is 2. The Kier molecular flexibility index (Phi) is 57.7. The van der Waals surface area contributed by atoms with Crippen LogP contribution >= 0.6 is 0 Å². The van der Waals surface area contributed by atoms with Crippen LogP contribution in [0.3, 0.4) is 0 Å². The van der Waals surface area contributed by atoms with Crippen LogP contribution in [0.1, 0.15) is 341 Å². The van der Waals surface area contributed by atoms with Gasteiger partial charge in [0.25, 0.3) is 0 Å². The fourth-order valence-electron chi connectivity index (χ4n) is 9.66. The molecule has 3 N–H and O–H groups in total. The van der Waals surface area contributed by atoms with Crippen LogP contribution in [-0.2, 0) is 4.79 Å². The third-order valence-corrected chi connectivity index (χ3v) is 14.3. The first-order chi connectivity index (χ1) is 33.2. The number of hydrogen-bond donors (Lipinski definition) is 3. The number of rotatable bonds is 57. The minimum absolute atomic E-state index is 0.0683. The Morgan fingerprint density at radius 3 is 0.866 bits per heavy atom. The number of amides is 1. The minimum atomic E-state index is -0.861. The highest BCUT2D eigenvalue weighted by Crippen LogP contribution is 2.18. The molecule has 0 radical (unpaired) electrons. The van der Waals surface area contributed by atoms with Crippen molar-refractivity contribution in [2.45, 2.75) is 353 Å². The van der Waals surface area contributed by atoms with Crippen LogP contribution in [0.2, 0.25) is 0 Å². The summed E-state index contributed by atoms with van der Waals surface area (Å²) in [5.74, 6) is -0.0683. The van der Waals surface area contributed by atoms with Crippen molar-refractivity contribution in [3.05, 3.63) is 36.5 Å². The molecule has 0 saturated heterocycles. The Balaban J connectivity index is 3.43.